The molecule has 0 heterocycles. The molecular formula is C25H42O2S2. The summed E-state index contributed by atoms with van der Waals surface area (Å²) in [6, 6.07) is 0. The van der Waals surface area contributed by atoms with Crippen LogP contribution in [-0.2, 0) is 9.53 Å². The summed E-state index contributed by atoms with van der Waals surface area (Å²) in [4.78, 5) is 11.4. The quantitative estimate of drug-likeness (QED) is 0.154. The smallest absolute Gasteiger partial charge is 0.330 e. The Morgan fingerprint density at radius 1 is 0.966 bits per heavy atom. The number of thioether (sulfide) groups is 2. The van der Waals surface area contributed by atoms with Crippen molar-refractivity contribution in [1.82, 2.24) is 0 Å². The molecule has 0 N–H and O–H groups in total. The standard InChI is InChI=1S/C25H42O2S2/c1-3-5-11-28-12-6-7-13-29-14-9-25-18-21-15-22(19-25)17-24(16-21,20-25)8-10-27-23(26)4-2/h4,21-22H,2-3,5-20H2,1H3. The summed E-state index contributed by atoms with van der Waals surface area (Å²) in [5.41, 5.74) is 1.07. The second-order valence-electron chi connectivity index (χ2n) is 10.1. The van der Waals surface area contributed by atoms with Crippen LogP contribution in [-0.4, -0.2) is 35.6 Å². The Morgan fingerprint density at radius 3 is 2.17 bits per heavy atom. The Kier molecular flexibility index (Phi) is 9.35. The van der Waals surface area contributed by atoms with Crippen LogP contribution in [0.4, 0.5) is 0 Å². The van der Waals surface area contributed by atoms with Crippen molar-refractivity contribution < 1.29 is 9.53 Å². The molecule has 4 aliphatic rings. The molecule has 0 amide bonds. The Morgan fingerprint density at radius 2 is 1.55 bits per heavy atom. The molecular weight excluding hydrogens is 396 g/mol. The van der Waals surface area contributed by atoms with Gasteiger partial charge in [0.2, 0.25) is 0 Å². The molecule has 4 rings (SSSR count). The lowest BCUT2D eigenvalue weighted by Gasteiger charge is -2.62. The van der Waals surface area contributed by atoms with Gasteiger partial charge in [-0.15, -0.1) is 0 Å². The van der Waals surface area contributed by atoms with Crippen molar-refractivity contribution in [3.63, 3.8) is 0 Å². The van der Waals surface area contributed by atoms with E-state index in [1.807, 2.05) is 0 Å². The van der Waals surface area contributed by atoms with E-state index in [2.05, 4.69) is 37.0 Å². The molecule has 4 bridgehead atoms. The van der Waals surface area contributed by atoms with Gasteiger partial charge in [0.1, 0.15) is 0 Å². The van der Waals surface area contributed by atoms with E-state index in [-0.39, 0.29) is 5.97 Å². The van der Waals surface area contributed by atoms with Crippen LogP contribution in [0.1, 0.15) is 84.0 Å². The highest BCUT2D eigenvalue weighted by Crippen LogP contribution is 2.67. The maximum absolute atomic E-state index is 11.4. The minimum Gasteiger partial charge on any atom is -0.463 e. The predicted octanol–water partition coefficient (Wildman–Crippen LogP) is 7.13. The van der Waals surface area contributed by atoms with Crippen LogP contribution in [0.15, 0.2) is 12.7 Å². The van der Waals surface area contributed by atoms with Crippen molar-refractivity contribution in [1.29, 1.82) is 0 Å². The highest BCUT2D eigenvalue weighted by molar-refractivity contribution is 7.99. The Balaban J connectivity index is 1.36. The van der Waals surface area contributed by atoms with E-state index < -0.39 is 0 Å². The van der Waals surface area contributed by atoms with Gasteiger partial charge in [0.25, 0.3) is 0 Å². The first kappa shape index (κ1) is 23.6. The maximum Gasteiger partial charge on any atom is 0.330 e. The van der Waals surface area contributed by atoms with E-state index in [9.17, 15) is 4.79 Å². The molecule has 2 unspecified atom stereocenters. The summed E-state index contributed by atoms with van der Waals surface area (Å²) < 4.78 is 5.37. The van der Waals surface area contributed by atoms with Crippen molar-refractivity contribution in [3.8, 4) is 0 Å². The number of hydrogen-bond donors (Lipinski definition) is 0. The van der Waals surface area contributed by atoms with Gasteiger partial charge in [0, 0.05) is 6.08 Å². The molecule has 4 saturated carbocycles. The molecule has 29 heavy (non-hydrogen) atoms. The molecule has 0 aromatic rings. The fraction of sp³-hybridized carbons (Fsp3) is 0.880. The van der Waals surface area contributed by atoms with E-state index in [1.54, 1.807) is 0 Å². The number of hydrogen-bond acceptors (Lipinski definition) is 4. The number of ether oxygens (including phenoxy) is 1. The van der Waals surface area contributed by atoms with Gasteiger partial charge in [-0.25, -0.2) is 4.79 Å². The fourth-order valence-corrected chi connectivity index (χ4v) is 9.10. The molecule has 2 nitrogen and oxygen atoms in total. The predicted molar refractivity (Wildman–Crippen MR) is 129 cm³/mol. The van der Waals surface area contributed by atoms with E-state index >= 15 is 0 Å². The van der Waals surface area contributed by atoms with E-state index in [0.29, 0.717) is 17.4 Å². The van der Waals surface area contributed by atoms with Gasteiger partial charge in [0.05, 0.1) is 6.61 Å². The van der Waals surface area contributed by atoms with Crippen LogP contribution >= 0.6 is 23.5 Å². The summed E-state index contributed by atoms with van der Waals surface area (Å²) in [6.07, 6.45) is 17.9. The highest BCUT2D eigenvalue weighted by Gasteiger charge is 2.56. The summed E-state index contributed by atoms with van der Waals surface area (Å²) >= 11 is 4.35. The zero-order valence-electron chi connectivity index (χ0n) is 18.6. The van der Waals surface area contributed by atoms with Gasteiger partial charge in [0.15, 0.2) is 0 Å². The lowest BCUT2D eigenvalue weighted by molar-refractivity contribution is -0.144. The second-order valence-corrected chi connectivity index (χ2v) is 12.6. The maximum atomic E-state index is 11.4. The van der Waals surface area contributed by atoms with Crippen molar-refractivity contribution in [2.45, 2.75) is 84.0 Å². The monoisotopic (exact) mass is 438 g/mol. The van der Waals surface area contributed by atoms with Gasteiger partial charge >= 0.3 is 5.97 Å². The Labute approximate surface area is 187 Å². The number of unbranched alkanes of at least 4 members (excludes halogenated alkanes) is 2. The van der Waals surface area contributed by atoms with Crippen molar-refractivity contribution in [3.05, 3.63) is 12.7 Å². The van der Waals surface area contributed by atoms with Gasteiger partial charge < -0.3 is 4.74 Å². The Bertz CT molecular complexity index is 519. The van der Waals surface area contributed by atoms with Crippen molar-refractivity contribution in [2.24, 2.45) is 22.7 Å². The third kappa shape index (κ3) is 6.95. The molecule has 0 aromatic heterocycles. The average molecular weight is 439 g/mol. The summed E-state index contributed by atoms with van der Waals surface area (Å²) in [7, 11) is 0. The van der Waals surface area contributed by atoms with Crippen LogP contribution in [0.2, 0.25) is 0 Å². The van der Waals surface area contributed by atoms with E-state index in [0.717, 1.165) is 18.3 Å². The molecule has 4 heteroatoms. The first-order chi connectivity index (χ1) is 14.1. The normalized spacial score (nSPS) is 32.4. The van der Waals surface area contributed by atoms with Crippen LogP contribution in [0.3, 0.4) is 0 Å². The molecule has 4 aliphatic carbocycles. The molecule has 2 atom stereocenters. The Hall–Kier alpha value is -0.0900. The first-order valence-corrected chi connectivity index (χ1v) is 14.3. The zero-order valence-corrected chi connectivity index (χ0v) is 20.2. The number of carbonyl (C=O) groups is 1. The highest BCUT2D eigenvalue weighted by atomic mass is 32.2. The van der Waals surface area contributed by atoms with Gasteiger partial charge in [-0.3, -0.25) is 0 Å². The van der Waals surface area contributed by atoms with Gasteiger partial charge in [-0.05, 0) is 116 Å². The average Bonchev–Trinajstić information content (AvgIpc) is 2.68. The SMILES string of the molecule is C=CC(=O)OCCC12CC3CC(C1)CC(CCSCCCCSCCCC)(C3)C2. The largest absolute Gasteiger partial charge is 0.463 e. The van der Waals surface area contributed by atoms with Gasteiger partial charge in [-0.1, -0.05) is 19.9 Å². The summed E-state index contributed by atoms with van der Waals surface area (Å²) in [6.45, 7) is 6.38. The second kappa shape index (κ2) is 11.5. The van der Waals surface area contributed by atoms with Crippen LogP contribution < -0.4 is 0 Å². The number of carbonyl (C=O) groups excluding carboxylic acids is 1. The van der Waals surface area contributed by atoms with Gasteiger partial charge in [-0.2, -0.15) is 23.5 Å². The third-order valence-electron chi connectivity index (χ3n) is 7.59. The molecule has 4 fully saturated rings. The molecule has 166 valence electrons. The van der Waals surface area contributed by atoms with Crippen LogP contribution in [0, 0.1) is 22.7 Å². The minimum atomic E-state index is -0.260. The van der Waals surface area contributed by atoms with Crippen molar-refractivity contribution in [2.75, 3.05) is 29.6 Å². The lowest BCUT2D eigenvalue weighted by atomic mass is 9.43. The minimum absolute atomic E-state index is 0.260. The van der Waals surface area contributed by atoms with Crippen molar-refractivity contribution >= 4 is 29.5 Å². The zero-order chi connectivity index (χ0) is 20.6. The van der Waals surface area contributed by atoms with E-state index in [1.165, 1.54) is 99.7 Å². The fourth-order valence-electron chi connectivity index (χ4n) is 6.81. The summed E-state index contributed by atoms with van der Waals surface area (Å²) in [5, 5.41) is 0. The number of rotatable bonds is 15. The molecule has 0 saturated heterocycles. The molecule has 0 radical (unpaired) electrons. The van der Waals surface area contributed by atoms with Crippen LogP contribution in [0.5, 0.6) is 0 Å². The first-order valence-electron chi connectivity index (χ1n) is 12.0. The molecule has 0 aromatic carbocycles. The topological polar surface area (TPSA) is 26.3 Å². The lowest BCUT2D eigenvalue weighted by Crippen LogP contribution is -2.52. The third-order valence-corrected chi connectivity index (χ3v) is 9.82. The molecule has 0 spiro atoms. The molecule has 0 aliphatic heterocycles. The number of esters is 1. The van der Waals surface area contributed by atoms with E-state index in [4.69, 9.17) is 4.74 Å². The summed E-state index contributed by atoms with van der Waals surface area (Å²) in [5.74, 6) is 7.03. The van der Waals surface area contributed by atoms with Crippen LogP contribution in [0.25, 0.3) is 0 Å².